The molecular weight excluding hydrogens is 204 g/mol. The third kappa shape index (κ3) is 1.66. The highest BCUT2D eigenvalue weighted by atomic mass is 16.2. The molecule has 1 aromatic rings. The summed E-state index contributed by atoms with van der Waals surface area (Å²) in [5.74, 6) is 2.15. The lowest BCUT2D eigenvalue weighted by molar-refractivity contribution is 0.218. The summed E-state index contributed by atoms with van der Waals surface area (Å²) in [6, 6.07) is 1.76. The molecule has 2 unspecified atom stereocenters. The molecule has 5 heteroatoms. The van der Waals surface area contributed by atoms with E-state index in [4.69, 9.17) is 0 Å². The highest BCUT2D eigenvalue weighted by Crippen LogP contribution is 2.37. The Kier molecular flexibility index (Phi) is 2.31. The van der Waals surface area contributed by atoms with Crippen LogP contribution in [0.15, 0.2) is 12.3 Å². The Morgan fingerprint density at radius 2 is 2.19 bits per heavy atom. The molecule has 3 rings (SSSR count). The zero-order valence-corrected chi connectivity index (χ0v) is 9.15. The summed E-state index contributed by atoms with van der Waals surface area (Å²) >= 11 is 0. The van der Waals surface area contributed by atoms with Crippen molar-refractivity contribution in [1.82, 2.24) is 15.1 Å². The number of carbonyl (C=O) groups is 1. The topological polar surface area (TPSA) is 61.0 Å². The summed E-state index contributed by atoms with van der Waals surface area (Å²) in [6.45, 7) is 1.84. The molecule has 0 spiro atoms. The maximum Gasteiger partial charge on any atom is 0.323 e. The fraction of sp³-hybridized carbons (Fsp3) is 0.636. The molecule has 2 atom stereocenters. The third-order valence-electron chi connectivity index (χ3n) is 3.76. The number of urea groups is 1. The van der Waals surface area contributed by atoms with E-state index in [1.807, 2.05) is 4.90 Å². The number of nitrogens with zero attached hydrogens (tertiary/aromatic N) is 2. The van der Waals surface area contributed by atoms with E-state index in [2.05, 4.69) is 15.5 Å². The molecule has 2 N–H and O–H groups in total. The van der Waals surface area contributed by atoms with Gasteiger partial charge in [0.2, 0.25) is 0 Å². The minimum absolute atomic E-state index is 0.00125. The highest BCUT2D eigenvalue weighted by Gasteiger charge is 2.37. The van der Waals surface area contributed by atoms with Gasteiger partial charge in [0, 0.05) is 19.2 Å². The Labute approximate surface area is 94.2 Å². The quantitative estimate of drug-likeness (QED) is 0.756. The minimum Gasteiger partial charge on any atom is -0.324 e. The molecule has 2 amide bonds. The number of likely N-dealkylation sites (tertiary alicyclic amines) is 1. The highest BCUT2D eigenvalue weighted by molar-refractivity contribution is 5.88. The lowest BCUT2D eigenvalue weighted by Gasteiger charge is -2.17. The normalized spacial score (nSPS) is 28.1. The van der Waals surface area contributed by atoms with Crippen molar-refractivity contribution in [2.75, 3.05) is 18.4 Å². The van der Waals surface area contributed by atoms with Crippen LogP contribution in [0.3, 0.4) is 0 Å². The van der Waals surface area contributed by atoms with Crippen LogP contribution < -0.4 is 5.32 Å². The van der Waals surface area contributed by atoms with Gasteiger partial charge >= 0.3 is 6.03 Å². The van der Waals surface area contributed by atoms with E-state index in [9.17, 15) is 4.79 Å². The van der Waals surface area contributed by atoms with E-state index >= 15 is 0 Å². The maximum absolute atomic E-state index is 11.9. The van der Waals surface area contributed by atoms with Crippen molar-refractivity contribution in [3.8, 4) is 0 Å². The van der Waals surface area contributed by atoms with Gasteiger partial charge in [0.15, 0.2) is 0 Å². The van der Waals surface area contributed by atoms with E-state index in [1.54, 1.807) is 12.3 Å². The van der Waals surface area contributed by atoms with Crippen LogP contribution in [0.25, 0.3) is 0 Å². The molecule has 0 radical (unpaired) electrons. The molecule has 16 heavy (non-hydrogen) atoms. The second kappa shape index (κ2) is 3.81. The number of H-pyrrole nitrogens is 1. The second-order valence-electron chi connectivity index (χ2n) is 4.76. The first-order chi connectivity index (χ1) is 7.83. The lowest BCUT2D eigenvalue weighted by atomic mass is 10.0. The summed E-state index contributed by atoms with van der Waals surface area (Å²) in [5, 5.41) is 9.36. The molecule has 1 aliphatic carbocycles. The van der Waals surface area contributed by atoms with Crippen LogP contribution in [0.2, 0.25) is 0 Å². The number of hydrogen-bond acceptors (Lipinski definition) is 2. The standard InChI is InChI=1S/C11H16N4O/c16-11(13-10-4-5-12-14-10)15-6-8-2-1-3-9(8)7-15/h4-5,8-9H,1-3,6-7H2,(H2,12,13,14,16). The Morgan fingerprint density at radius 1 is 1.44 bits per heavy atom. The van der Waals surface area contributed by atoms with Gasteiger partial charge in [-0.3, -0.25) is 10.4 Å². The Hall–Kier alpha value is -1.52. The van der Waals surface area contributed by atoms with Gasteiger partial charge in [-0.05, 0) is 24.7 Å². The van der Waals surface area contributed by atoms with Crippen molar-refractivity contribution in [1.29, 1.82) is 0 Å². The smallest absolute Gasteiger partial charge is 0.323 e. The van der Waals surface area contributed by atoms with Gasteiger partial charge in [-0.1, -0.05) is 6.42 Å². The van der Waals surface area contributed by atoms with Gasteiger partial charge in [0.05, 0.1) is 6.20 Å². The first kappa shape index (κ1) is 9.69. The molecule has 5 nitrogen and oxygen atoms in total. The lowest BCUT2D eigenvalue weighted by Crippen LogP contribution is -2.33. The van der Waals surface area contributed by atoms with Crippen LogP contribution in [-0.2, 0) is 0 Å². The van der Waals surface area contributed by atoms with Crippen LogP contribution in [0.1, 0.15) is 19.3 Å². The molecule has 2 aliphatic rings. The first-order valence-corrected chi connectivity index (χ1v) is 5.88. The Bertz CT molecular complexity index is 363. The predicted octanol–water partition coefficient (Wildman–Crippen LogP) is 1.67. The fourth-order valence-corrected chi connectivity index (χ4v) is 2.92. The first-order valence-electron chi connectivity index (χ1n) is 5.88. The van der Waals surface area contributed by atoms with Crippen LogP contribution in [0, 0.1) is 11.8 Å². The van der Waals surface area contributed by atoms with Crippen molar-refractivity contribution in [2.45, 2.75) is 19.3 Å². The molecule has 1 aromatic heterocycles. The molecule has 1 saturated carbocycles. The molecular formula is C11H16N4O. The zero-order chi connectivity index (χ0) is 11.0. The predicted molar refractivity (Wildman–Crippen MR) is 60.0 cm³/mol. The van der Waals surface area contributed by atoms with E-state index in [-0.39, 0.29) is 6.03 Å². The van der Waals surface area contributed by atoms with Gasteiger partial charge in [0.25, 0.3) is 0 Å². The molecule has 0 bridgehead atoms. The largest absolute Gasteiger partial charge is 0.324 e. The second-order valence-corrected chi connectivity index (χ2v) is 4.76. The van der Waals surface area contributed by atoms with Crippen LogP contribution in [-0.4, -0.2) is 34.2 Å². The average Bonchev–Trinajstić information content (AvgIpc) is 2.91. The molecule has 1 saturated heterocycles. The number of rotatable bonds is 1. The number of aromatic amines is 1. The summed E-state index contributed by atoms with van der Waals surface area (Å²) < 4.78 is 0. The zero-order valence-electron chi connectivity index (χ0n) is 9.15. The van der Waals surface area contributed by atoms with Crippen molar-refractivity contribution >= 4 is 11.8 Å². The number of nitrogens with one attached hydrogen (secondary N) is 2. The average molecular weight is 220 g/mol. The number of fused-ring (bicyclic) bond motifs is 1. The van der Waals surface area contributed by atoms with Crippen molar-refractivity contribution in [2.24, 2.45) is 11.8 Å². The van der Waals surface area contributed by atoms with Crippen molar-refractivity contribution in [3.63, 3.8) is 0 Å². The number of carbonyl (C=O) groups excluding carboxylic acids is 1. The van der Waals surface area contributed by atoms with Crippen molar-refractivity contribution in [3.05, 3.63) is 12.3 Å². The summed E-state index contributed by atoms with van der Waals surface area (Å²) in [7, 11) is 0. The van der Waals surface area contributed by atoms with Crippen LogP contribution >= 0.6 is 0 Å². The molecule has 1 aliphatic heterocycles. The van der Waals surface area contributed by atoms with E-state index in [0.717, 1.165) is 24.9 Å². The van der Waals surface area contributed by atoms with Gasteiger partial charge < -0.3 is 4.90 Å². The van der Waals surface area contributed by atoms with Gasteiger partial charge in [-0.15, -0.1) is 0 Å². The van der Waals surface area contributed by atoms with Gasteiger partial charge in [-0.25, -0.2) is 4.79 Å². The van der Waals surface area contributed by atoms with E-state index < -0.39 is 0 Å². The Balaban J connectivity index is 1.60. The summed E-state index contributed by atoms with van der Waals surface area (Å²) in [6.07, 6.45) is 5.55. The maximum atomic E-state index is 11.9. The Morgan fingerprint density at radius 3 is 2.81 bits per heavy atom. The number of hydrogen-bond donors (Lipinski definition) is 2. The molecule has 86 valence electrons. The monoisotopic (exact) mass is 220 g/mol. The molecule has 2 heterocycles. The number of amides is 2. The van der Waals surface area contributed by atoms with Crippen molar-refractivity contribution < 1.29 is 4.79 Å². The number of aromatic nitrogens is 2. The number of anilines is 1. The van der Waals surface area contributed by atoms with Crippen LogP contribution in [0.4, 0.5) is 10.6 Å². The van der Waals surface area contributed by atoms with E-state index in [1.165, 1.54) is 19.3 Å². The summed E-state index contributed by atoms with van der Waals surface area (Å²) in [4.78, 5) is 13.8. The fourth-order valence-electron chi connectivity index (χ4n) is 2.92. The molecule has 2 fully saturated rings. The third-order valence-corrected chi connectivity index (χ3v) is 3.76. The van der Waals surface area contributed by atoms with Crippen LogP contribution in [0.5, 0.6) is 0 Å². The summed E-state index contributed by atoms with van der Waals surface area (Å²) in [5.41, 5.74) is 0. The molecule has 0 aromatic carbocycles. The van der Waals surface area contributed by atoms with E-state index in [0.29, 0.717) is 5.82 Å². The SMILES string of the molecule is O=C(Nc1ccn[nH]1)N1CC2CCCC2C1. The van der Waals surface area contributed by atoms with Gasteiger partial charge in [-0.2, -0.15) is 5.10 Å². The minimum atomic E-state index is -0.00125. The van der Waals surface area contributed by atoms with Gasteiger partial charge in [0.1, 0.15) is 5.82 Å².